The van der Waals surface area contributed by atoms with Crippen LogP contribution in [-0.2, 0) is 12.8 Å². The lowest BCUT2D eigenvalue weighted by molar-refractivity contribution is 0.0949. The molecule has 0 saturated carbocycles. The van der Waals surface area contributed by atoms with Crippen molar-refractivity contribution in [2.45, 2.75) is 17.8 Å². The van der Waals surface area contributed by atoms with Crippen LogP contribution in [0.2, 0.25) is 0 Å². The van der Waals surface area contributed by atoms with Gasteiger partial charge in [-0.3, -0.25) is 9.78 Å². The third kappa shape index (κ3) is 4.25. The van der Waals surface area contributed by atoms with Crippen LogP contribution in [0.15, 0.2) is 45.7 Å². The summed E-state index contributed by atoms with van der Waals surface area (Å²) in [5, 5.41) is 27.9. The highest BCUT2D eigenvalue weighted by molar-refractivity contribution is 7.98. The monoisotopic (exact) mass is 440 g/mol. The molecule has 0 fully saturated rings. The normalized spacial score (nSPS) is 11.6. The first-order valence-corrected chi connectivity index (χ1v) is 9.78. The molecule has 4 heterocycles. The number of hydrogen-bond donors (Lipinski definition) is 2. The number of hydrogen-bond acceptors (Lipinski definition) is 12. The van der Waals surface area contributed by atoms with Gasteiger partial charge in [-0.1, -0.05) is 23.0 Å². The van der Waals surface area contributed by atoms with E-state index in [1.54, 1.807) is 43.3 Å². The molecule has 15 heteroatoms. The molecule has 4 aromatic heterocycles. The maximum atomic E-state index is 12.8. The van der Waals surface area contributed by atoms with Gasteiger partial charge in [-0.2, -0.15) is 9.78 Å². The average Bonchev–Trinajstić information content (AvgIpc) is 3.50. The lowest BCUT2D eigenvalue weighted by atomic mass is 10.2. The molecule has 0 aliphatic rings. The number of nitrogens with zero attached hydrogens (tertiary/aromatic N) is 10. The Labute approximate surface area is 178 Å². The first-order chi connectivity index (χ1) is 15.0. The second-order valence-corrected chi connectivity index (χ2v) is 7.11. The van der Waals surface area contributed by atoms with E-state index in [9.17, 15) is 4.79 Å². The topological polar surface area (TPSA) is 181 Å². The van der Waals surface area contributed by atoms with Gasteiger partial charge in [-0.25, -0.2) is 10.1 Å². The Kier molecular flexibility index (Phi) is 5.65. The Morgan fingerprint density at radius 2 is 2.23 bits per heavy atom. The van der Waals surface area contributed by atoms with Crippen molar-refractivity contribution in [3.8, 4) is 5.82 Å². The number of amides is 1. The molecule has 0 atom stereocenters. The van der Waals surface area contributed by atoms with Crippen molar-refractivity contribution in [2.24, 2.45) is 12.1 Å². The molecule has 0 radical (unpaired) electrons. The number of anilines is 1. The Morgan fingerprint density at radius 1 is 1.35 bits per heavy atom. The molecule has 31 heavy (non-hydrogen) atoms. The van der Waals surface area contributed by atoms with Gasteiger partial charge >= 0.3 is 0 Å². The summed E-state index contributed by atoms with van der Waals surface area (Å²) in [6.07, 6.45) is 4.87. The van der Waals surface area contributed by atoms with Crippen molar-refractivity contribution in [3.05, 3.63) is 47.8 Å². The van der Waals surface area contributed by atoms with Gasteiger partial charge in [0, 0.05) is 30.8 Å². The largest absolute Gasteiger partial charge is 0.378 e. The number of carbonyl (C=O) groups excluding carboxylic acids is 1. The molecular formula is C16H16N12O2S. The third-order valence-electron chi connectivity index (χ3n) is 4.09. The van der Waals surface area contributed by atoms with Gasteiger partial charge in [0.2, 0.25) is 11.6 Å². The van der Waals surface area contributed by atoms with Crippen LogP contribution >= 0.6 is 11.8 Å². The zero-order valence-electron chi connectivity index (χ0n) is 16.4. The number of carbonyl (C=O) groups is 1. The predicted molar refractivity (Wildman–Crippen MR) is 108 cm³/mol. The number of pyridine rings is 1. The number of aryl methyl sites for hydroxylation is 1. The van der Waals surface area contributed by atoms with Gasteiger partial charge in [0.25, 0.3) is 5.91 Å². The number of hydrazone groups is 1. The smallest absolute Gasteiger partial charge is 0.293 e. The second kappa shape index (κ2) is 8.70. The summed E-state index contributed by atoms with van der Waals surface area (Å²) in [5.41, 5.74) is 10.1. The van der Waals surface area contributed by atoms with Crippen LogP contribution in [0.3, 0.4) is 0 Å². The standard InChI is InChI=1S/C16H16N12O2S/c1-9(10-4-3-5-18-6-10)20-22-15(29)12-11(7-31-16-23-19-8-27(16)2)28(26-21-12)14-13(17)24-30-25-14/h3-6,8H,7H2,1-2H3,(H2,17,24)(H,22,29). The highest BCUT2D eigenvalue weighted by atomic mass is 32.2. The van der Waals surface area contributed by atoms with E-state index in [0.29, 0.717) is 16.6 Å². The van der Waals surface area contributed by atoms with E-state index in [1.807, 2.05) is 6.07 Å². The highest BCUT2D eigenvalue weighted by Crippen LogP contribution is 2.24. The van der Waals surface area contributed by atoms with Crippen LogP contribution in [0.25, 0.3) is 5.82 Å². The summed E-state index contributed by atoms with van der Waals surface area (Å²) in [4.78, 5) is 16.8. The maximum absolute atomic E-state index is 12.8. The van der Waals surface area contributed by atoms with Gasteiger partial charge in [-0.05, 0) is 23.3 Å². The fourth-order valence-corrected chi connectivity index (χ4v) is 3.36. The summed E-state index contributed by atoms with van der Waals surface area (Å²) < 4.78 is 7.68. The van der Waals surface area contributed by atoms with Crippen molar-refractivity contribution in [1.29, 1.82) is 0 Å². The molecule has 0 aliphatic heterocycles. The molecular weight excluding hydrogens is 424 g/mol. The number of nitrogen functional groups attached to an aromatic ring is 1. The zero-order valence-corrected chi connectivity index (χ0v) is 17.2. The van der Waals surface area contributed by atoms with E-state index in [0.717, 1.165) is 5.56 Å². The van der Waals surface area contributed by atoms with E-state index < -0.39 is 5.91 Å². The van der Waals surface area contributed by atoms with E-state index in [4.69, 9.17) is 5.73 Å². The molecule has 0 unspecified atom stereocenters. The van der Waals surface area contributed by atoms with E-state index in [2.05, 4.69) is 51.0 Å². The SMILES string of the molecule is CC(=NNC(=O)c1nnn(-c2nonc2N)c1CSc1nncn1C)c1cccnc1. The Morgan fingerprint density at radius 3 is 2.90 bits per heavy atom. The van der Waals surface area contributed by atoms with Gasteiger partial charge in [-0.15, -0.1) is 15.3 Å². The first-order valence-electron chi connectivity index (χ1n) is 8.79. The fourth-order valence-electron chi connectivity index (χ4n) is 2.48. The molecule has 0 bridgehead atoms. The van der Waals surface area contributed by atoms with Crippen molar-refractivity contribution < 1.29 is 9.42 Å². The number of aromatic nitrogens is 9. The Balaban J connectivity index is 1.62. The minimum absolute atomic E-state index is 0.00668. The van der Waals surface area contributed by atoms with Gasteiger partial charge < -0.3 is 10.3 Å². The molecule has 4 aromatic rings. The minimum Gasteiger partial charge on any atom is -0.378 e. The molecule has 4 rings (SSSR count). The van der Waals surface area contributed by atoms with Crippen molar-refractivity contribution in [1.82, 2.24) is 50.5 Å². The van der Waals surface area contributed by atoms with Gasteiger partial charge in [0.1, 0.15) is 6.33 Å². The Bertz CT molecular complexity index is 1230. The number of rotatable bonds is 7. The maximum Gasteiger partial charge on any atom is 0.293 e. The lowest BCUT2D eigenvalue weighted by Crippen LogP contribution is -2.21. The van der Waals surface area contributed by atoms with Crippen LogP contribution in [0.4, 0.5) is 5.82 Å². The molecule has 0 spiro atoms. The zero-order chi connectivity index (χ0) is 21.8. The minimum atomic E-state index is -0.557. The predicted octanol–water partition coefficient (Wildman–Crippen LogP) is 0.202. The molecule has 0 aromatic carbocycles. The summed E-state index contributed by atoms with van der Waals surface area (Å²) in [6, 6.07) is 3.61. The van der Waals surface area contributed by atoms with Gasteiger partial charge in [0.15, 0.2) is 10.9 Å². The van der Waals surface area contributed by atoms with Crippen molar-refractivity contribution >= 4 is 29.2 Å². The molecule has 0 aliphatic carbocycles. The summed E-state index contributed by atoms with van der Waals surface area (Å²) in [7, 11) is 1.81. The molecule has 14 nitrogen and oxygen atoms in total. The van der Waals surface area contributed by atoms with Crippen LogP contribution in [0, 0.1) is 0 Å². The number of nitrogens with two attached hydrogens (primary N) is 1. The molecule has 0 saturated heterocycles. The third-order valence-corrected chi connectivity index (χ3v) is 5.13. The van der Waals surface area contributed by atoms with Crippen LogP contribution in [0.5, 0.6) is 0 Å². The lowest BCUT2D eigenvalue weighted by Gasteiger charge is -2.06. The van der Waals surface area contributed by atoms with Crippen LogP contribution < -0.4 is 11.2 Å². The quantitative estimate of drug-likeness (QED) is 0.227. The van der Waals surface area contributed by atoms with Gasteiger partial charge in [0.05, 0.1) is 11.4 Å². The Hall–Kier alpha value is -4.14. The summed E-state index contributed by atoms with van der Waals surface area (Å²) >= 11 is 1.33. The van der Waals surface area contributed by atoms with Crippen LogP contribution in [0.1, 0.15) is 28.7 Å². The second-order valence-electron chi connectivity index (χ2n) is 6.16. The molecule has 158 valence electrons. The van der Waals surface area contributed by atoms with Crippen molar-refractivity contribution in [2.75, 3.05) is 5.73 Å². The summed E-state index contributed by atoms with van der Waals surface area (Å²) in [6.45, 7) is 1.75. The highest BCUT2D eigenvalue weighted by Gasteiger charge is 2.24. The molecule has 3 N–H and O–H groups in total. The fraction of sp³-hybridized carbons (Fsp3) is 0.188. The summed E-state index contributed by atoms with van der Waals surface area (Å²) in [5.74, 6) is -0.166. The average molecular weight is 440 g/mol. The van der Waals surface area contributed by atoms with E-state index >= 15 is 0 Å². The van der Waals surface area contributed by atoms with Crippen molar-refractivity contribution in [3.63, 3.8) is 0 Å². The first kappa shape index (κ1) is 20.1. The van der Waals surface area contributed by atoms with E-state index in [1.165, 1.54) is 16.4 Å². The van der Waals surface area contributed by atoms with E-state index in [-0.39, 0.29) is 23.1 Å². The number of thioether (sulfide) groups is 1. The van der Waals surface area contributed by atoms with Crippen LogP contribution in [-0.4, -0.2) is 56.7 Å². The molecule has 1 amide bonds. The number of nitrogens with one attached hydrogen (secondary N) is 1.